The second-order valence-corrected chi connectivity index (χ2v) is 7.75. The van der Waals surface area contributed by atoms with Crippen LogP contribution < -0.4 is 20.7 Å². The first-order chi connectivity index (χ1) is 14.5. The first-order valence-electron chi connectivity index (χ1n) is 10.4. The highest BCUT2D eigenvalue weighted by Crippen LogP contribution is 2.18. The van der Waals surface area contributed by atoms with E-state index in [9.17, 15) is 4.79 Å². The first kappa shape index (κ1) is 25.0. The number of aromatic nitrogens is 1. The van der Waals surface area contributed by atoms with Crippen molar-refractivity contribution >= 4 is 35.8 Å². The van der Waals surface area contributed by atoms with E-state index in [4.69, 9.17) is 9.26 Å². The summed E-state index contributed by atoms with van der Waals surface area (Å²) in [5, 5.41) is 13.5. The highest BCUT2D eigenvalue weighted by Gasteiger charge is 2.23. The molecule has 1 heterocycles. The zero-order chi connectivity index (χ0) is 21.3. The molecule has 1 aliphatic rings. The normalized spacial score (nSPS) is 13.5. The minimum Gasteiger partial charge on any atom is -0.484 e. The molecule has 0 spiro atoms. The molecule has 8 nitrogen and oxygen atoms in total. The van der Waals surface area contributed by atoms with Crippen molar-refractivity contribution in [3.8, 4) is 5.75 Å². The Hall–Kier alpha value is -2.30. The Bertz CT molecular complexity index is 847. The summed E-state index contributed by atoms with van der Waals surface area (Å²) >= 11 is 0. The van der Waals surface area contributed by atoms with Crippen molar-refractivity contribution in [1.82, 2.24) is 21.1 Å². The topological polar surface area (TPSA) is 101 Å². The third-order valence-corrected chi connectivity index (χ3v) is 4.76. The smallest absolute Gasteiger partial charge is 0.258 e. The van der Waals surface area contributed by atoms with E-state index in [1.807, 2.05) is 30.3 Å². The predicted molar refractivity (Wildman–Crippen MR) is 131 cm³/mol. The van der Waals surface area contributed by atoms with Crippen LogP contribution in [0.4, 0.5) is 0 Å². The molecule has 9 heteroatoms. The van der Waals surface area contributed by atoms with Gasteiger partial charge in [-0.15, -0.1) is 24.0 Å². The minimum atomic E-state index is -0.0598. The van der Waals surface area contributed by atoms with E-state index < -0.39 is 0 Å². The van der Waals surface area contributed by atoms with Gasteiger partial charge in [-0.3, -0.25) is 9.79 Å². The number of nitrogens with zero attached hydrogens (tertiary/aromatic N) is 2. The molecule has 3 rings (SSSR count). The number of carbonyl (C=O) groups excluding carboxylic acids is 1. The number of rotatable bonds is 10. The fourth-order valence-corrected chi connectivity index (χ4v) is 2.80. The number of carbonyl (C=O) groups is 1. The van der Waals surface area contributed by atoms with Crippen LogP contribution in [0.3, 0.4) is 0 Å². The van der Waals surface area contributed by atoms with E-state index in [1.165, 1.54) is 5.56 Å². The summed E-state index contributed by atoms with van der Waals surface area (Å²) in [5.74, 6) is 2.47. The lowest BCUT2D eigenvalue weighted by molar-refractivity contribution is -0.123. The van der Waals surface area contributed by atoms with Crippen molar-refractivity contribution < 1.29 is 14.1 Å². The van der Waals surface area contributed by atoms with Gasteiger partial charge in [0.25, 0.3) is 5.91 Å². The van der Waals surface area contributed by atoms with Gasteiger partial charge in [-0.05, 0) is 42.9 Å². The van der Waals surface area contributed by atoms with Crippen LogP contribution >= 0.6 is 24.0 Å². The molecule has 0 aliphatic heterocycles. The van der Waals surface area contributed by atoms with Gasteiger partial charge in [0, 0.05) is 25.7 Å². The molecular weight excluding hydrogens is 509 g/mol. The van der Waals surface area contributed by atoms with Crippen LogP contribution in [-0.4, -0.2) is 43.3 Å². The molecule has 1 aromatic carbocycles. The van der Waals surface area contributed by atoms with E-state index >= 15 is 0 Å². The average Bonchev–Trinajstić information content (AvgIpc) is 3.42. The number of hydrogen-bond acceptors (Lipinski definition) is 5. The number of aliphatic imine (C=N–C) groups is 1. The minimum absolute atomic E-state index is 0. The summed E-state index contributed by atoms with van der Waals surface area (Å²) in [7, 11) is 1.74. The number of nitrogens with one attached hydrogen (secondary N) is 3. The van der Waals surface area contributed by atoms with Crippen molar-refractivity contribution in [2.45, 2.75) is 51.6 Å². The summed E-state index contributed by atoms with van der Waals surface area (Å²) in [6.07, 6.45) is 2.99. The van der Waals surface area contributed by atoms with Crippen molar-refractivity contribution in [2.75, 3.05) is 20.2 Å². The lowest BCUT2D eigenvalue weighted by Crippen LogP contribution is -2.37. The fraction of sp³-hybridized carbons (Fsp3) is 0.500. The molecular formula is C22H32IN5O3. The molecule has 2 aromatic rings. The summed E-state index contributed by atoms with van der Waals surface area (Å²) in [4.78, 5) is 15.9. The van der Waals surface area contributed by atoms with Crippen LogP contribution in [0.2, 0.25) is 0 Å². The molecule has 170 valence electrons. The first-order valence-corrected chi connectivity index (χ1v) is 10.4. The lowest BCUT2D eigenvalue weighted by Gasteiger charge is -2.11. The van der Waals surface area contributed by atoms with Crippen LogP contribution in [0.1, 0.15) is 49.6 Å². The summed E-state index contributed by atoms with van der Waals surface area (Å²) in [6, 6.07) is 10.1. The third-order valence-electron chi connectivity index (χ3n) is 4.76. The quantitative estimate of drug-likeness (QED) is 0.243. The maximum atomic E-state index is 11.7. The van der Waals surface area contributed by atoms with E-state index in [0.717, 1.165) is 37.3 Å². The van der Waals surface area contributed by atoms with Crippen LogP contribution in [0.15, 0.2) is 39.8 Å². The van der Waals surface area contributed by atoms with Crippen LogP contribution in [0, 0.1) is 0 Å². The molecule has 1 aliphatic carbocycles. The van der Waals surface area contributed by atoms with Crippen molar-refractivity contribution in [3.63, 3.8) is 0 Å². The Morgan fingerprint density at radius 2 is 2.00 bits per heavy atom. The SMILES string of the molecule is CN=C(NCCc1ccc(OCC(=O)NC2CC2)cc1)NCc1cc(C(C)C)no1.I. The Morgan fingerprint density at radius 1 is 1.26 bits per heavy atom. The average molecular weight is 541 g/mol. The molecule has 1 fully saturated rings. The van der Waals surface area contributed by atoms with Gasteiger partial charge in [0.05, 0.1) is 12.2 Å². The Balaban J connectivity index is 0.00000341. The van der Waals surface area contributed by atoms with Crippen LogP contribution in [0.5, 0.6) is 5.75 Å². The molecule has 1 saturated carbocycles. The molecule has 0 bridgehead atoms. The largest absolute Gasteiger partial charge is 0.484 e. The number of hydrogen-bond donors (Lipinski definition) is 3. The fourth-order valence-electron chi connectivity index (χ4n) is 2.80. The second kappa shape index (κ2) is 12.5. The van der Waals surface area contributed by atoms with Gasteiger partial charge in [-0.25, -0.2) is 0 Å². The Labute approximate surface area is 200 Å². The Kier molecular flexibility index (Phi) is 10.1. The zero-order valence-electron chi connectivity index (χ0n) is 18.3. The lowest BCUT2D eigenvalue weighted by atomic mass is 10.1. The van der Waals surface area contributed by atoms with E-state index in [-0.39, 0.29) is 36.5 Å². The molecule has 0 atom stereocenters. The molecule has 0 unspecified atom stereocenters. The standard InChI is InChI=1S/C22H31N5O3.HI/c1-15(2)20-12-19(30-27-20)13-25-22(23-3)24-11-10-16-4-8-18(9-5-16)29-14-21(28)26-17-6-7-17;/h4-5,8-9,12,15,17H,6-7,10-11,13-14H2,1-3H3,(H,26,28)(H2,23,24,25);1H. The zero-order valence-corrected chi connectivity index (χ0v) is 20.6. The molecule has 1 amide bonds. The second-order valence-electron chi connectivity index (χ2n) is 7.75. The number of benzene rings is 1. The summed E-state index contributed by atoms with van der Waals surface area (Å²) in [5.41, 5.74) is 2.12. The van der Waals surface area contributed by atoms with Crippen molar-refractivity contribution in [1.29, 1.82) is 0 Å². The van der Waals surface area contributed by atoms with E-state index in [1.54, 1.807) is 7.05 Å². The van der Waals surface area contributed by atoms with E-state index in [2.05, 4.69) is 39.9 Å². The van der Waals surface area contributed by atoms with Crippen molar-refractivity contribution in [3.05, 3.63) is 47.3 Å². The monoisotopic (exact) mass is 541 g/mol. The molecule has 0 radical (unpaired) electrons. The van der Waals surface area contributed by atoms with Gasteiger partial charge in [0.1, 0.15) is 5.75 Å². The molecule has 3 N–H and O–H groups in total. The third kappa shape index (κ3) is 8.76. The predicted octanol–water partition coefficient (Wildman–Crippen LogP) is 2.98. The summed E-state index contributed by atoms with van der Waals surface area (Å²) < 4.78 is 10.9. The van der Waals surface area contributed by atoms with Gasteiger partial charge in [-0.2, -0.15) is 0 Å². The highest BCUT2D eigenvalue weighted by molar-refractivity contribution is 14.0. The number of ether oxygens (including phenoxy) is 1. The Morgan fingerprint density at radius 3 is 2.61 bits per heavy atom. The maximum absolute atomic E-state index is 11.7. The van der Waals surface area contributed by atoms with Gasteiger partial charge in [-0.1, -0.05) is 31.1 Å². The molecule has 0 saturated heterocycles. The molecule has 1 aromatic heterocycles. The highest BCUT2D eigenvalue weighted by atomic mass is 127. The molecule has 31 heavy (non-hydrogen) atoms. The van der Waals surface area contributed by atoms with Gasteiger partial charge >= 0.3 is 0 Å². The number of amides is 1. The number of guanidine groups is 1. The van der Waals surface area contributed by atoms with E-state index in [0.29, 0.717) is 30.2 Å². The summed E-state index contributed by atoms with van der Waals surface area (Å²) in [6.45, 7) is 5.49. The van der Waals surface area contributed by atoms with Gasteiger partial charge in [0.2, 0.25) is 0 Å². The maximum Gasteiger partial charge on any atom is 0.258 e. The van der Waals surface area contributed by atoms with Gasteiger partial charge in [0.15, 0.2) is 18.3 Å². The van der Waals surface area contributed by atoms with Gasteiger partial charge < -0.3 is 25.2 Å². The van der Waals surface area contributed by atoms with Crippen LogP contribution in [-0.2, 0) is 17.8 Å². The van der Waals surface area contributed by atoms with Crippen molar-refractivity contribution in [2.24, 2.45) is 4.99 Å². The van der Waals surface area contributed by atoms with Crippen LogP contribution in [0.25, 0.3) is 0 Å². The number of halogens is 1.